The zero-order valence-electron chi connectivity index (χ0n) is 20.4. The summed E-state index contributed by atoms with van der Waals surface area (Å²) in [5.74, 6) is 0.292. The number of rotatable bonds is 6. The molecule has 0 radical (unpaired) electrons. The molecule has 1 amide bonds. The molecule has 4 rings (SSSR count). The Labute approximate surface area is 204 Å². The average Bonchev–Trinajstić information content (AvgIpc) is 3.66. The zero-order chi connectivity index (χ0) is 26.1. The molecular formula is C26H32FN5O3. The van der Waals surface area contributed by atoms with E-state index in [0.29, 0.717) is 35.2 Å². The number of aromatic nitrogens is 1. The summed E-state index contributed by atoms with van der Waals surface area (Å²) in [4.78, 5) is 30.4. The number of hydrogen-bond acceptors (Lipinski definition) is 6. The van der Waals surface area contributed by atoms with Crippen molar-refractivity contribution in [2.24, 2.45) is 7.05 Å². The predicted molar refractivity (Wildman–Crippen MR) is 140 cm³/mol. The van der Waals surface area contributed by atoms with E-state index < -0.39 is 0 Å². The molecular weight excluding hydrogens is 449 g/mol. The van der Waals surface area contributed by atoms with Crippen LogP contribution >= 0.6 is 0 Å². The van der Waals surface area contributed by atoms with E-state index in [1.807, 2.05) is 33.6 Å². The number of aryl methyl sites for hydroxylation is 1. The van der Waals surface area contributed by atoms with Crippen LogP contribution in [0.15, 0.2) is 47.3 Å². The lowest BCUT2D eigenvalue weighted by molar-refractivity contribution is -0.105. The van der Waals surface area contributed by atoms with Gasteiger partial charge in [-0.3, -0.25) is 14.2 Å². The maximum absolute atomic E-state index is 14.1. The molecule has 2 aromatic carbocycles. The van der Waals surface area contributed by atoms with E-state index in [1.165, 1.54) is 6.07 Å². The van der Waals surface area contributed by atoms with Gasteiger partial charge >= 0.3 is 0 Å². The topological polar surface area (TPSA) is 118 Å². The Balaban J connectivity index is 0.000000302. The minimum absolute atomic E-state index is 0.0752. The molecule has 0 saturated heterocycles. The summed E-state index contributed by atoms with van der Waals surface area (Å²) in [5.41, 5.74) is 10.4. The first-order valence-corrected chi connectivity index (χ1v) is 11.1. The molecule has 0 aliphatic heterocycles. The Bertz CT molecular complexity index is 1240. The molecule has 0 unspecified atom stereocenters. The van der Waals surface area contributed by atoms with Gasteiger partial charge in [-0.05, 0) is 69.5 Å². The Morgan fingerprint density at radius 3 is 2.34 bits per heavy atom. The maximum Gasteiger partial charge on any atom is 0.256 e. The molecule has 1 aliphatic rings. The molecule has 35 heavy (non-hydrogen) atoms. The van der Waals surface area contributed by atoms with Gasteiger partial charge in [-0.1, -0.05) is 12.1 Å². The van der Waals surface area contributed by atoms with Gasteiger partial charge in [0.1, 0.15) is 18.4 Å². The molecule has 0 atom stereocenters. The van der Waals surface area contributed by atoms with Gasteiger partial charge < -0.3 is 26.5 Å². The standard InChI is InChI=1S/C18H22FN3O.C7H8N2O.CH2O/c1-10-5-8-15(14(19)9-10)21-17-11(2)16(20-13-6-7-13)12(3)18(23)22(17)4;8-6-2-1-3-7(4-6)9-5-10;1-2/h5,8-9,13,20-21H,6-7H2,1-4H3;1-5H,8H2,(H,9,10);1H2. The zero-order valence-corrected chi connectivity index (χ0v) is 20.4. The molecule has 1 aromatic heterocycles. The third-order valence-corrected chi connectivity index (χ3v) is 5.48. The second-order valence-corrected chi connectivity index (χ2v) is 8.25. The number of halogens is 1. The van der Waals surface area contributed by atoms with Gasteiger partial charge in [0.05, 0.1) is 5.69 Å². The molecule has 0 spiro atoms. The second kappa shape index (κ2) is 12.4. The number of anilines is 5. The van der Waals surface area contributed by atoms with Crippen LogP contribution in [-0.2, 0) is 16.6 Å². The first-order valence-electron chi connectivity index (χ1n) is 11.1. The van der Waals surface area contributed by atoms with Gasteiger partial charge in [-0.25, -0.2) is 4.39 Å². The Morgan fingerprint density at radius 1 is 1.09 bits per heavy atom. The normalized spacial score (nSPS) is 11.8. The lowest BCUT2D eigenvalue weighted by Gasteiger charge is -2.20. The SMILES string of the molecule is C=O.Cc1ccc(Nc2c(C)c(NC3CC3)c(C)c(=O)n2C)c(F)c1.Nc1cccc(NC=O)c1. The van der Waals surface area contributed by atoms with Crippen LogP contribution in [0.25, 0.3) is 0 Å². The van der Waals surface area contributed by atoms with E-state index in [9.17, 15) is 14.0 Å². The Morgan fingerprint density at radius 2 is 1.77 bits per heavy atom. The number of nitrogens with zero attached hydrogens (tertiary/aromatic N) is 1. The van der Waals surface area contributed by atoms with Crippen LogP contribution in [0.1, 0.15) is 29.5 Å². The molecule has 1 fully saturated rings. The monoisotopic (exact) mass is 481 g/mol. The molecule has 3 aromatic rings. The van der Waals surface area contributed by atoms with Crippen molar-refractivity contribution in [3.8, 4) is 0 Å². The van der Waals surface area contributed by atoms with Crippen molar-refractivity contribution in [1.29, 1.82) is 0 Å². The van der Waals surface area contributed by atoms with E-state index in [1.54, 1.807) is 41.9 Å². The smallest absolute Gasteiger partial charge is 0.256 e. The summed E-state index contributed by atoms with van der Waals surface area (Å²) >= 11 is 0. The van der Waals surface area contributed by atoms with Crippen molar-refractivity contribution in [2.75, 3.05) is 21.7 Å². The molecule has 186 valence electrons. The van der Waals surface area contributed by atoms with Crippen molar-refractivity contribution >= 4 is 41.8 Å². The quantitative estimate of drug-likeness (QED) is 0.306. The number of nitrogen functional groups attached to an aromatic ring is 1. The number of amides is 1. The highest BCUT2D eigenvalue weighted by Crippen LogP contribution is 2.32. The van der Waals surface area contributed by atoms with Gasteiger partial charge in [0.2, 0.25) is 6.41 Å². The lowest BCUT2D eigenvalue weighted by Crippen LogP contribution is -2.25. The second-order valence-electron chi connectivity index (χ2n) is 8.25. The van der Waals surface area contributed by atoms with Crippen LogP contribution in [0.5, 0.6) is 0 Å². The largest absolute Gasteiger partial charge is 0.399 e. The first kappa shape index (κ1) is 27.1. The third-order valence-electron chi connectivity index (χ3n) is 5.48. The van der Waals surface area contributed by atoms with Crippen molar-refractivity contribution in [3.05, 3.63) is 75.3 Å². The minimum Gasteiger partial charge on any atom is -0.399 e. The van der Waals surface area contributed by atoms with Gasteiger partial charge in [-0.15, -0.1) is 0 Å². The fourth-order valence-electron chi connectivity index (χ4n) is 3.48. The molecule has 8 nitrogen and oxygen atoms in total. The van der Waals surface area contributed by atoms with Crippen molar-refractivity contribution in [3.63, 3.8) is 0 Å². The Hall–Kier alpha value is -4.14. The van der Waals surface area contributed by atoms with Crippen LogP contribution < -0.4 is 27.2 Å². The van der Waals surface area contributed by atoms with Gasteiger partial charge in [0, 0.05) is 41.3 Å². The summed E-state index contributed by atoms with van der Waals surface area (Å²) in [7, 11) is 1.71. The number of pyridine rings is 1. The summed E-state index contributed by atoms with van der Waals surface area (Å²) in [6, 6.07) is 12.5. The summed E-state index contributed by atoms with van der Waals surface area (Å²) in [5, 5.41) is 9.00. The number of nitrogens with one attached hydrogen (secondary N) is 3. The van der Waals surface area contributed by atoms with E-state index in [0.717, 1.165) is 35.3 Å². The number of hydrogen-bond donors (Lipinski definition) is 4. The molecule has 1 aliphatic carbocycles. The summed E-state index contributed by atoms with van der Waals surface area (Å²) < 4.78 is 15.7. The highest BCUT2D eigenvalue weighted by Gasteiger charge is 2.24. The molecule has 9 heteroatoms. The summed E-state index contributed by atoms with van der Waals surface area (Å²) in [6.45, 7) is 7.62. The number of nitrogens with two attached hydrogens (primary N) is 1. The first-order chi connectivity index (χ1) is 16.7. The van der Waals surface area contributed by atoms with Gasteiger partial charge in [0.25, 0.3) is 5.56 Å². The fraction of sp³-hybridized carbons (Fsp3) is 0.269. The highest BCUT2D eigenvalue weighted by molar-refractivity contribution is 5.73. The van der Waals surface area contributed by atoms with Gasteiger partial charge in [-0.2, -0.15) is 0 Å². The number of carbonyl (C=O) groups excluding carboxylic acids is 2. The predicted octanol–water partition coefficient (Wildman–Crippen LogP) is 4.42. The molecule has 0 bridgehead atoms. The Kier molecular flexibility index (Phi) is 9.57. The van der Waals surface area contributed by atoms with Crippen molar-refractivity contribution in [1.82, 2.24) is 4.57 Å². The van der Waals surface area contributed by atoms with E-state index >= 15 is 0 Å². The number of benzene rings is 2. The fourth-order valence-corrected chi connectivity index (χ4v) is 3.48. The van der Waals surface area contributed by atoms with Crippen LogP contribution in [0, 0.1) is 26.6 Å². The van der Waals surface area contributed by atoms with Crippen LogP contribution in [0.2, 0.25) is 0 Å². The molecule has 1 heterocycles. The van der Waals surface area contributed by atoms with Gasteiger partial charge in [0.15, 0.2) is 0 Å². The minimum atomic E-state index is -0.325. The van der Waals surface area contributed by atoms with E-state index in [-0.39, 0.29) is 11.4 Å². The third kappa shape index (κ3) is 7.17. The van der Waals surface area contributed by atoms with E-state index in [4.69, 9.17) is 10.5 Å². The maximum atomic E-state index is 14.1. The van der Waals surface area contributed by atoms with Crippen molar-refractivity contribution < 1.29 is 14.0 Å². The molecule has 1 saturated carbocycles. The number of carbonyl (C=O) groups is 2. The van der Waals surface area contributed by atoms with Crippen LogP contribution in [-0.4, -0.2) is 23.8 Å². The van der Waals surface area contributed by atoms with E-state index in [2.05, 4.69) is 16.0 Å². The lowest BCUT2D eigenvalue weighted by atomic mass is 10.1. The van der Waals surface area contributed by atoms with Crippen molar-refractivity contribution in [2.45, 2.75) is 39.7 Å². The van der Waals surface area contributed by atoms with Crippen LogP contribution in [0.4, 0.5) is 33.0 Å². The molecule has 5 N–H and O–H groups in total. The average molecular weight is 482 g/mol. The van der Waals surface area contributed by atoms with Crippen LogP contribution in [0.3, 0.4) is 0 Å². The summed E-state index contributed by atoms with van der Waals surface area (Å²) in [6.07, 6.45) is 2.88. The highest BCUT2D eigenvalue weighted by atomic mass is 19.1.